The highest BCUT2D eigenvalue weighted by Gasteiger charge is 2.40. The third-order valence-electron chi connectivity index (χ3n) is 10.6. The lowest BCUT2D eigenvalue weighted by molar-refractivity contribution is 0.0283. The van der Waals surface area contributed by atoms with Crippen molar-refractivity contribution in [2.45, 2.75) is 143 Å². The Morgan fingerprint density at radius 2 is 1.03 bits per heavy atom. The lowest BCUT2D eigenvalue weighted by Gasteiger charge is -2.46. The highest BCUT2D eigenvalue weighted by molar-refractivity contribution is 4.90. The molecule has 0 amide bonds. The average molecular weight is 447 g/mol. The van der Waals surface area contributed by atoms with Crippen LogP contribution in [0, 0.1) is 47.3 Å². The number of rotatable bonds is 12. The van der Waals surface area contributed by atoms with E-state index in [9.17, 15) is 5.11 Å². The first-order valence-electron chi connectivity index (χ1n) is 15.3. The summed E-state index contributed by atoms with van der Waals surface area (Å²) in [7, 11) is 0. The predicted molar refractivity (Wildman–Crippen MR) is 140 cm³/mol. The molecule has 0 aliphatic heterocycles. The molecule has 3 saturated carbocycles. The van der Waals surface area contributed by atoms with Crippen LogP contribution < -0.4 is 0 Å². The highest BCUT2D eigenvalue weighted by Crippen LogP contribution is 2.49. The molecule has 3 aliphatic rings. The monoisotopic (exact) mass is 446 g/mol. The fraction of sp³-hybridized carbons (Fsp3) is 1.00. The van der Waals surface area contributed by atoms with Gasteiger partial charge in [0.25, 0.3) is 0 Å². The summed E-state index contributed by atoms with van der Waals surface area (Å²) < 4.78 is 0. The maximum atomic E-state index is 9.67. The molecule has 0 radical (unpaired) electrons. The maximum absolute atomic E-state index is 9.67. The van der Waals surface area contributed by atoms with Crippen LogP contribution in [0.15, 0.2) is 0 Å². The van der Waals surface area contributed by atoms with Gasteiger partial charge in [0.2, 0.25) is 0 Å². The van der Waals surface area contributed by atoms with Gasteiger partial charge in [-0.05, 0) is 79.4 Å². The fourth-order valence-corrected chi connectivity index (χ4v) is 8.40. The molecular weight excluding hydrogens is 388 g/mol. The Hall–Kier alpha value is -0.0400. The van der Waals surface area contributed by atoms with E-state index >= 15 is 0 Å². The summed E-state index contributed by atoms with van der Waals surface area (Å²) in [6.07, 6.45) is 27.8. The third-order valence-corrected chi connectivity index (χ3v) is 10.6. The number of aliphatic hydroxyl groups excluding tert-OH is 1. The van der Waals surface area contributed by atoms with Crippen LogP contribution >= 0.6 is 0 Å². The number of hydrogen-bond donors (Lipinski definition) is 1. The van der Waals surface area contributed by atoms with Gasteiger partial charge in [0.1, 0.15) is 0 Å². The molecule has 0 aromatic heterocycles. The zero-order chi connectivity index (χ0) is 22.8. The van der Waals surface area contributed by atoms with Gasteiger partial charge < -0.3 is 5.11 Å². The molecule has 3 fully saturated rings. The molecule has 1 nitrogen and oxygen atoms in total. The second-order valence-electron chi connectivity index (χ2n) is 12.5. The molecule has 1 heteroatoms. The van der Waals surface area contributed by atoms with Crippen LogP contribution in [0.3, 0.4) is 0 Å². The Kier molecular flexibility index (Phi) is 11.9. The van der Waals surface area contributed by atoms with Crippen molar-refractivity contribution < 1.29 is 5.11 Å². The fourth-order valence-electron chi connectivity index (χ4n) is 8.40. The van der Waals surface area contributed by atoms with Crippen molar-refractivity contribution in [3.63, 3.8) is 0 Å². The van der Waals surface area contributed by atoms with Crippen molar-refractivity contribution in [3.8, 4) is 0 Å². The highest BCUT2D eigenvalue weighted by atomic mass is 16.3. The van der Waals surface area contributed by atoms with Gasteiger partial charge in [0, 0.05) is 6.61 Å². The number of aliphatic hydroxyl groups is 1. The van der Waals surface area contributed by atoms with Gasteiger partial charge in [0.15, 0.2) is 0 Å². The van der Waals surface area contributed by atoms with Crippen molar-refractivity contribution in [1.29, 1.82) is 0 Å². The third kappa shape index (κ3) is 7.74. The Balaban J connectivity index is 1.37. The van der Waals surface area contributed by atoms with Crippen LogP contribution in [0.25, 0.3) is 0 Å². The minimum Gasteiger partial charge on any atom is -0.396 e. The summed E-state index contributed by atoms with van der Waals surface area (Å²) >= 11 is 0. The summed E-state index contributed by atoms with van der Waals surface area (Å²) in [5.41, 5.74) is 0. The van der Waals surface area contributed by atoms with Crippen LogP contribution in [-0.4, -0.2) is 11.7 Å². The topological polar surface area (TPSA) is 20.2 Å². The molecular formula is C31H58O. The molecule has 188 valence electrons. The van der Waals surface area contributed by atoms with Gasteiger partial charge in [-0.1, -0.05) is 111 Å². The Morgan fingerprint density at radius 1 is 0.531 bits per heavy atom. The molecule has 0 saturated heterocycles. The van der Waals surface area contributed by atoms with E-state index in [4.69, 9.17) is 0 Å². The molecule has 3 rings (SSSR count). The van der Waals surface area contributed by atoms with Crippen LogP contribution in [0.1, 0.15) is 143 Å². The number of hydrogen-bond acceptors (Lipinski definition) is 1. The van der Waals surface area contributed by atoms with Gasteiger partial charge in [-0.25, -0.2) is 0 Å². The minimum atomic E-state index is 0.425. The van der Waals surface area contributed by atoms with Crippen molar-refractivity contribution in [3.05, 3.63) is 0 Å². The second-order valence-corrected chi connectivity index (χ2v) is 12.5. The van der Waals surface area contributed by atoms with E-state index in [2.05, 4.69) is 20.8 Å². The lowest BCUT2D eigenvalue weighted by Crippen LogP contribution is -2.37. The van der Waals surface area contributed by atoms with E-state index in [-0.39, 0.29) is 0 Å². The minimum absolute atomic E-state index is 0.425. The molecule has 0 aromatic carbocycles. The molecule has 6 unspecified atom stereocenters. The molecule has 0 heterocycles. The van der Waals surface area contributed by atoms with Crippen LogP contribution in [0.2, 0.25) is 0 Å². The number of unbranched alkanes of at least 4 members (excludes halogenated alkanes) is 3. The van der Waals surface area contributed by atoms with E-state index in [0.29, 0.717) is 12.5 Å². The van der Waals surface area contributed by atoms with Gasteiger partial charge in [-0.15, -0.1) is 0 Å². The molecule has 3 aliphatic carbocycles. The van der Waals surface area contributed by atoms with Crippen LogP contribution in [0.5, 0.6) is 0 Å². The quantitative estimate of drug-likeness (QED) is 0.296. The smallest absolute Gasteiger partial charge is 0.0459 e. The normalized spacial score (nSPS) is 38.6. The predicted octanol–water partition coefficient (Wildman–Crippen LogP) is 9.42. The molecule has 6 atom stereocenters. The summed E-state index contributed by atoms with van der Waals surface area (Å²) in [5, 5.41) is 9.67. The lowest BCUT2D eigenvalue weighted by atomic mass is 9.59. The maximum Gasteiger partial charge on any atom is 0.0459 e. The Labute approximate surface area is 201 Å². The van der Waals surface area contributed by atoms with Gasteiger partial charge in [-0.2, -0.15) is 0 Å². The van der Waals surface area contributed by atoms with Gasteiger partial charge >= 0.3 is 0 Å². The van der Waals surface area contributed by atoms with E-state index < -0.39 is 0 Å². The summed E-state index contributed by atoms with van der Waals surface area (Å²) in [5.74, 6) is 7.56. The molecule has 0 bridgehead atoms. The van der Waals surface area contributed by atoms with Crippen molar-refractivity contribution in [2.75, 3.05) is 6.61 Å². The Bertz CT molecular complexity index is 479. The molecule has 1 N–H and O–H groups in total. The van der Waals surface area contributed by atoms with Crippen molar-refractivity contribution in [1.82, 2.24) is 0 Å². The van der Waals surface area contributed by atoms with E-state index in [1.165, 1.54) is 122 Å². The molecule has 0 spiro atoms. The summed E-state index contributed by atoms with van der Waals surface area (Å²) in [6, 6.07) is 0. The average Bonchev–Trinajstić information content (AvgIpc) is 2.85. The first-order valence-corrected chi connectivity index (χ1v) is 15.3. The van der Waals surface area contributed by atoms with Gasteiger partial charge in [-0.3, -0.25) is 0 Å². The molecule has 0 aromatic rings. The molecule has 32 heavy (non-hydrogen) atoms. The van der Waals surface area contributed by atoms with Crippen molar-refractivity contribution >= 4 is 0 Å². The standard InChI is InChI=1S/C31H58O/c1-4-7-8-9-10-24-11-13-25(14-12-24)15-16-26-17-19-30(28(5-2)21-26)31-20-18-27(23-32)22-29(31)6-3/h24-32H,4-23H2,1-3H3. The van der Waals surface area contributed by atoms with Crippen LogP contribution in [0.4, 0.5) is 0 Å². The zero-order valence-electron chi connectivity index (χ0n) is 22.2. The van der Waals surface area contributed by atoms with E-state index in [1.807, 2.05) is 0 Å². The zero-order valence-corrected chi connectivity index (χ0v) is 22.2. The van der Waals surface area contributed by atoms with Crippen molar-refractivity contribution in [2.24, 2.45) is 47.3 Å². The summed E-state index contributed by atoms with van der Waals surface area (Å²) in [6.45, 7) is 7.63. The van der Waals surface area contributed by atoms with E-state index in [1.54, 1.807) is 0 Å². The van der Waals surface area contributed by atoms with Gasteiger partial charge in [0.05, 0.1) is 0 Å². The van der Waals surface area contributed by atoms with Crippen LogP contribution in [-0.2, 0) is 0 Å². The first kappa shape index (κ1) is 26.6. The second kappa shape index (κ2) is 14.4. The summed E-state index contributed by atoms with van der Waals surface area (Å²) in [4.78, 5) is 0. The largest absolute Gasteiger partial charge is 0.396 e. The Morgan fingerprint density at radius 3 is 1.59 bits per heavy atom. The van der Waals surface area contributed by atoms with E-state index in [0.717, 1.165) is 41.4 Å². The SMILES string of the molecule is CCCCCCC1CCC(CCC2CCC(C3CCC(CO)CC3CC)C(CC)C2)CC1. The first-order chi connectivity index (χ1) is 15.7.